The van der Waals surface area contributed by atoms with E-state index in [1.165, 1.54) is 11.8 Å². The van der Waals surface area contributed by atoms with Gasteiger partial charge in [-0.25, -0.2) is 10.9 Å². The standard InChI is InChI=1S/C20H22N4O2S/c1-15(19(25)23-21-13-17-9-5-3-6-10-17)27-16(2)20(26)24-22-14-18-11-7-4-8-12-18/h3-16H,1-2H3,(H,23,25)(H,24,26)/b21-13+,22-14+. The SMILES string of the molecule is CC(SC(C)C(=O)N/N=C/c1ccccc1)C(=O)N/N=C/c1ccccc1. The zero-order valence-corrected chi connectivity index (χ0v) is 16.0. The average molecular weight is 382 g/mol. The van der Waals surface area contributed by atoms with E-state index in [2.05, 4.69) is 21.1 Å². The van der Waals surface area contributed by atoms with E-state index < -0.39 is 10.5 Å². The van der Waals surface area contributed by atoms with Gasteiger partial charge in [0.25, 0.3) is 11.8 Å². The topological polar surface area (TPSA) is 82.9 Å². The van der Waals surface area contributed by atoms with Crippen LogP contribution in [-0.2, 0) is 9.59 Å². The lowest BCUT2D eigenvalue weighted by Crippen LogP contribution is -2.33. The maximum absolute atomic E-state index is 12.1. The van der Waals surface area contributed by atoms with Crippen molar-refractivity contribution < 1.29 is 9.59 Å². The van der Waals surface area contributed by atoms with E-state index in [9.17, 15) is 9.59 Å². The van der Waals surface area contributed by atoms with Gasteiger partial charge >= 0.3 is 0 Å². The van der Waals surface area contributed by atoms with Crippen LogP contribution in [0.2, 0.25) is 0 Å². The molecule has 2 unspecified atom stereocenters. The highest BCUT2D eigenvalue weighted by atomic mass is 32.2. The van der Waals surface area contributed by atoms with Gasteiger partial charge in [0.2, 0.25) is 0 Å². The minimum Gasteiger partial charge on any atom is -0.272 e. The minimum atomic E-state index is -0.434. The van der Waals surface area contributed by atoms with Crippen LogP contribution in [0.4, 0.5) is 0 Å². The predicted molar refractivity (Wildman–Crippen MR) is 111 cm³/mol. The first-order valence-electron chi connectivity index (χ1n) is 8.47. The third-order valence-electron chi connectivity index (χ3n) is 3.52. The molecule has 0 heterocycles. The first-order chi connectivity index (χ1) is 13.1. The normalized spacial score (nSPS) is 13.4. The summed E-state index contributed by atoms with van der Waals surface area (Å²) < 4.78 is 0. The Bertz CT molecular complexity index is 727. The fourth-order valence-corrected chi connectivity index (χ4v) is 3.00. The number of nitrogens with one attached hydrogen (secondary N) is 2. The Morgan fingerprint density at radius 1 is 0.778 bits per heavy atom. The largest absolute Gasteiger partial charge is 0.272 e. The van der Waals surface area contributed by atoms with Crippen molar-refractivity contribution in [1.29, 1.82) is 0 Å². The van der Waals surface area contributed by atoms with E-state index in [0.717, 1.165) is 11.1 Å². The number of hydrazone groups is 2. The van der Waals surface area contributed by atoms with E-state index in [1.54, 1.807) is 26.3 Å². The molecule has 0 bridgehead atoms. The summed E-state index contributed by atoms with van der Waals surface area (Å²) in [6.07, 6.45) is 3.15. The van der Waals surface area contributed by atoms with Crippen molar-refractivity contribution in [3.63, 3.8) is 0 Å². The van der Waals surface area contributed by atoms with Gasteiger partial charge in [0.05, 0.1) is 22.9 Å². The quantitative estimate of drug-likeness (QED) is 0.544. The lowest BCUT2D eigenvalue weighted by molar-refractivity contribution is -0.120. The Hall–Kier alpha value is -2.93. The highest BCUT2D eigenvalue weighted by Crippen LogP contribution is 2.17. The molecule has 0 fully saturated rings. The summed E-state index contributed by atoms with van der Waals surface area (Å²) in [5, 5.41) is 7.00. The molecule has 0 spiro atoms. The van der Waals surface area contributed by atoms with Crippen molar-refractivity contribution in [3.8, 4) is 0 Å². The van der Waals surface area contributed by atoms with Gasteiger partial charge in [-0.15, -0.1) is 11.8 Å². The summed E-state index contributed by atoms with van der Waals surface area (Å²) in [7, 11) is 0. The molecule has 0 saturated carbocycles. The summed E-state index contributed by atoms with van der Waals surface area (Å²) in [5.41, 5.74) is 6.76. The van der Waals surface area contributed by atoms with Crippen LogP contribution in [0.3, 0.4) is 0 Å². The van der Waals surface area contributed by atoms with Crippen molar-refractivity contribution in [2.75, 3.05) is 0 Å². The summed E-state index contributed by atoms with van der Waals surface area (Å²) in [6.45, 7) is 3.46. The van der Waals surface area contributed by atoms with Crippen LogP contribution in [0.15, 0.2) is 70.9 Å². The van der Waals surface area contributed by atoms with Crippen LogP contribution >= 0.6 is 11.8 Å². The molecule has 0 aromatic heterocycles. The van der Waals surface area contributed by atoms with Gasteiger partial charge < -0.3 is 0 Å². The van der Waals surface area contributed by atoms with Crippen molar-refractivity contribution in [1.82, 2.24) is 10.9 Å². The molecular formula is C20H22N4O2S. The minimum absolute atomic E-state index is 0.264. The van der Waals surface area contributed by atoms with Crippen molar-refractivity contribution in [2.45, 2.75) is 24.3 Å². The van der Waals surface area contributed by atoms with E-state index in [-0.39, 0.29) is 11.8 Å². The van der Waals surface area contributed by atoms with E-state index >= 15 is 0 Å². The van der Waals surface area contributed by atoms with Gasteiger partial charge in [0.1, 0.15) is 0 Å². The number of hydrogen-bond donors (Lipinski definition) is 2. The average Bonchev–Trinajstić information content (AvgIpc) is 2.69. The van der Waals surface area contributed by atoms with Crippen LogP contribution < -0.4 is 10.9 Å². The Morgan fingerprint density at radius 3 is 1.52 bits per heavy atom. The molecule has 0 aliphatic rings. The van der Waals surface area contributed by atoms with Crippen molar-refractivity contribution in [2.24, 2.45) is 10.2 Å². The van der Waals surface area contributed by atoms with Gasteiger partial charge in [-0.2, -0.15) is 10.2 Å². The molecule has 2 aromatic carbocycles. The molecule has 140 valence electrons. The molecule has 0 saturated heterocycles. The third kappa shape index (κ3) is 7.45. The molecule has 2 amide bonds. The number of thioether (sulfide) groups is 1. The number of hydrogen-bond acceptors (Lipinski definition) is 5. The molecule has 2 N–H and O–H groups in total. The smallest absolute Gasteiger partial charge is 0.252 e. The fourth-order valence-electron chi connectivity index (χ4n) is 2.03. The summed E-state index contributed by atoms with van der Waals surface area (Å²) in [4.78, 5) is 24.2. The summed E-state index contributed by atoms with van der Waals surface area (Å²) >= 11 is 1.24. The molecule has 2 rings (SSSR count). The van der Waals surface area contributed by atoms with Crippen LogP contribution in [-0.4, -0.2) is 34.7 Å². The second-order valence-electron chi connectivity index (χ2n) is 5.71. The maximum Gasteiger partial charge on any atom is 0.252 e. The summed E-state index contributed by atoms with van der Waals surface area (Å²) in [5.74, 6) is -0.528. The Kier molecular flexibility index (Phi) is 8.25. The van der Waals surface area contributed by atoms with Gasteiger partial charge in [0, 0.05) is 0 Å². The Morgan fingerprint density at radius 2 is 1.15 bits per heavy atom. The van der Waals surface area contributed by atoms with Crippen LogP contribution in [0.5, 0.6) is 0 Å². The molecule has 0 radical (unpaired) electrons. The predicted octanol–water partition coefficient (Wildman–Crippen LogP) is 2.80. The fraction of sp³-hybridized carbons (Fsp3) is 0.200. The zero-order chi connectivity index (χ0) is 19.5. The third-order valence-corrected chi connectivity index (χ3v) is 4.77. The number of benzene rings is 2. The monoisotopic (exact) mass is 382 g/mol. The molecule has 7 heteroatoms. The molecule has 2 aromatic rings. The summed E-state index contributed by atoms with van der Waals surface area (Å²) in [6, 6.07) is 18.9. The van der Waals surface area contributed by atoms with Crippen molar-refractivity contribution in [3.05, 3.63) is 71.8 Å². The molecular weight excluding hydrogens is 360 g/mol. The number of rotatable bonds is 8. The Labute approximate surface area is 163 Å². The highest BCUT2D eigenvalue weighted by Gasteiger charge is 2.21. The van der Waals surface area contributed by atoms with Gasteiger partial charge in [-0.1, -0.05) is 60.7 Å². The number of carbonyl (C=O) groups excluding carboxylic acids is 2. The van der Waals surface area contributed by atoms with Gasteiger partial charge in [-0.3, -0.25) is 9.59 Å². The Balaban J connectivity index is 1.75. The van der Waals surface area contributed by atoms with E-state index in [4.69, 9.17) is 0 Å². The molecule has 2 atom stereocenters. The first kappa shape index (κ1) is 20.4. The lowest BCUT2D eigenvalue weighted by Gasteiger charge is -2.14. The lowest BCUT2D eigenvalue weighted by atomic mass is 10.2. The molecule has 6 nitrogen and oxygen atoms in total. The van der Waals surface area contributed by atoms with E-state index in [1.807, 2.05) is 60.7 Å². The maximum atomic E-state index is 12.1. The number of nitrogens with zero attached hydrogens (tertiary/aromatic N) is 2. The highest BCUT2D eigenvalue weighted by molar-refractivity contribution is 8.01. The van der Waals surface area contributed by atoms with E-state index in [0.29, 0.717) is 0 Å². The first-order valence-corrected chi connectivity index (χ1v) is 9.42. The van der Waals surface area contributed by atoms with Crippen LogP contribution in [0.25, 0.3) is 0 Å². The number of carbonyl (C=O) groups is 2. The van der Waals surface area contributed by atoms with Crippen molar-refractivity contribution >= 4 is 36.0 Å². The van der Waals surface area contributed by atoms with Crippen LogP contribution in [0.1, 0.15) is 25.0 Å². The van der Waals surface area contributed by atoms with Gasteiger partial charge in [-0.05, 0) is 25.0 Å². The second kappa shape index (κ2) is 10.9. The molecule has 27 heavy (non-hydrogen) atoms. The molecule has 0 aliphatic carbocycles. The zero-order valence-electron chi connectivity index (χ0n) is 15.2. The van der Waals surface area contributed by atoms with Gasteiger partial charge in [0.15, 0.2) is 0 Å². The van der Waals surface area contributed by atoms with Crippen LogP contribution in [0, 0.1) is 0 Å². The number of amides is 2. The second-order valence-corrected chi connectivity index (χ2v) is 7.40. The molecule has 0 aliphatic heterocycles.